The van der Waals surface area contributed by atoms with Crippen molar-refractivity contribution in [2.45, 2.75) is 65.6 Å². The average molecular weight is 487 g/mol. The number of ether oxygens (including phenoxy) is 2. The Morgan fingerprint density at radius 2 is 1.76 bits per heavy atom. The number of fused-ring (bicyclic) bond motifs is 5. The van der Waals surface area contributed by atoms with Crippen LogP contribution in [0.15, 0.2) is 30.5 Å². The second-order valence-electron chi connectivity index (χ2n) is 10.1. The summed E-state index contributed by atoms with van der Waals surface area (Å²) in [4.78, 5) is 47.0. The van der Waals surface area contributed by atoms with Gasteiger partial charge in [0.1, 0.15) is 16.1 Å². The van der Waals surface area contributed by atoms with Gasteiger partial charge in [0.2, 0.25) is 0 Å². The van der Waals surface area contributed by atoms with Crippen LogP contribution in [0.25, 0.3) is 21.0 Å². The van der Waals surface area contributed by atoms with Gasteiger partial charge in [-0.25, -0.2) is 14.5 Å². The molecule has 1 aliphatic heterocycles. The number of imide groups is 1. The Hall–Kier alpha value is -3.20. The van der Waals surface area contributed by atoms with Crippen LogP contribution in [0.3, 0.4) is 0 Å². The van der Waals surface area contributed by atoms with Gasteiger partial charge in [-0.3, -0.25) is 14.7 Å². The number of thiophene rings is 1. The standard InChI is InChI=1S/C25H29N3O5S/c1-14-13-27(22(30)32-24(2,3)4)19-18-15-9-8-12-26-16(15)10-11-17(18)34-20(19)21(29)28(14)23(31)33-25(5,6)7/h8-12,14H,13H2,1-7H3/i1D3. The van der Waals surface area contributed by atoms with Crippen molar-refractivity contribution in [3.63, 3.8) is 0 Å². The van der Waals surface area contributed by atoms with E-state index >= 15 is 0 Å². The molecule has 9 heteroatoms. The Morgan fingerprint density at radius 1 is 1.09 bits per heavy atom. The third kappa shape index (κ3) is 4.44. The van der Waals surface area contributed by atoms with Crippen LogP contribution in [-0.4, -0.2) is 51.8 Å². The fourth-order valence-electron chi connectivity index (χ4n) is 3.74. The van der Waals surface area contributed by atoms with E-state index in [-0.39, 0.29) is 10.6 Å². The number of amides is 3. The molecule has 1 aliphatic rings. The molecule has 0 saturated carbocycles. The summed E-state index contributed by atoms with van der Waals surface area (Å²) in [5.74, 6) is -0.852. The van der Waals surface area contributed by atoms with Crippen LogP contribution in [0.4, 0.5) is 15.3 Å². The Balaban J connectivity index is 2.03. The monoisotopic (exact) mass is 486 g/mol. The summed E-state index contributed by atoms with van der Waals surface area (Å²) in [5, 5.41) is 1.23. The highest BCUT2D eigenvalue weighted by Gasteiger charge is 2.42. The molecule has 0 aliphatic carbocycles. The average Bonchev–Trinajstić information content (AvgIpc) is 3.06. The van der Waals surface area contributed by atoms with E-state index in [4.69, 9.17) is 13.6 Å². The topological polar surface area (TPSA) is 89.0 Å². The molecule has 1 unspecified atom stereocenters. The van der Waals surface area contributed by atoms with Crippen LogP contribution in [0, 0.1) is 0 Å². The number of pyridine rings is 1. The molecule has 4 rings (SSSR count). The highest BCUT2D eigenvalue weighted by molar-refractivity contribution is 7.21. The van der Waals surface area contributed by atoms with Crippen molar-refractivity contribution in [3.05, 3.63) is 35.3 Å². The molecule has 0 radical (unpaired) electrons. The first-order valence-electron chi connectivity index (χ1n) is 12.4. The lowest BCUT2D eigenvalue weighted by atomic mass is 10.1. The first kappa shape index (κ1) is 20.2. The maximum Gasteiger partial charge on any atom is 0.417 e. The number of hydrogen-bond donors (Lipinski definition) is 0. The van der Waals surface area contributed by atoms with E-state index in [9.17, 15) is 14.4 Å². The second kappa shape index (κ2) is 8.23. The molecule has 0 saturated heterocycles. The van der Waals surface area contributed by atoms with Gasteiger partial charge in [0.05, 0.1) is 23.8 Å². The van der Waals surface area contributed by atoms with Crippen LogP contribution >= 0.6 is 11.3 Å². The van der Waals surface area contributed by atoms with E-state index in [0.717, 1.165) is 16.2 Å². The lowest BCUT2D eigenvalue weighted by molar-refractivity contribution is 0.0182. The number of rotatable bonds is 0. The minimum Gasteiger partial charge on any atom is -0.443 e. The van der Waals surface area contributed by atoms with Gasteiger partial charge in [-0.05, 0) is 66.6 Å². The van der Waals surface area contributed by atoms with Crippen LogP contribution in [0.5, 0.6) is 0 Å². The maximum absolute atomic E-state index is 14.0. The van der Waals surface area contributed by atoms with Crippen molar-refractivity contribution in [2.24, 2.45) is 0 Å². The van der Waals surface area contributed by atoms with Gasteiger partial charge >= 0.3 is 12.2 Å². The Labute approximate surface area is 206 Å². The largest absolute Gasteiger partial charge is 0.443 e. The summed E-state index contributed by atoms with van der Waals surface area (Å²) in [7, 11) is 0. The molecule has 0 bridgehead atoms. The molecule has 3 amide bonds. The van der Waals surface area contributed by atoms with E-state index in [1.165, 1.54) is 0 Å². The molecule has 0 spiro atoms. The van der Waals surface area contributed by atoms with Gasteiger partial charge in [-0.1, -0.05) is 6.07 Å². The fraction of sp³-hybridized carbons (Fsp3) is 0.440. The van der Waals surface area contributed by atoms with E-state index in [1.807, 2.05) is 6.07 Å². The molecular weight excluding hydrogens is 454 g/mol. The Kier molecular flexibility index (Phi) is 4.89. The van der Waals surface area contributed by atoms with Crippen LogP contribution in [-0.2, 0) is 9.47 Å². The van der Waals surface area contributed by atoms with Gasteiger partial charge in [0, 0.05) is 25.8 Å². The lowest BCUT2D eigenvalue weighted by Gasteiger charge is -2.31. The number of anilines is 1. The highest BCUT2D eigenvalue weighted by atomic mass is 32.1. The van der Waals surface area contributed by atoms with Crippen molar-refractivity contribution >= 4 is 56.1 Å². The van der Waals surface area contributed by atoms with Gasteiger partial charge in [0.25, 0.3) is 5.91 Å². The van der Waals surface area contributed by atoms with E-state index in [0.29, 0.717) is 25.9 Å². The predicted molar refractivity (Wildman–Crippen MR) is 133 cm³/mol. The summed E-state index contributed by atoms with van der Waals surface area (Å²) < 4.78 is 36.3. The molecule has 180 valence electrons. The van der Waals surface area contributed by atoms with E-state index in [1.54, 1.807) is 65.9 Å². The van der Waals surface area contributed by atoms with Crippen LogP contribution < -0.4 is 4.90 Å². The molecule has 0 N–H and O–H groups in total. The van der Waals surface area contributed by atoms with Gasteiger partial charge < -0.3 is 9.47 Å². The zero-order valence-corrected chi connectivity index (χ0v) is 20.8. The number of carbonyl (C=O) groups excluding carboxylic acids is 3. The molecule has 2 aromatic heterocycles. The van der Waals surface area contributed by atoms with Gasteiger partial charge in [0.15, 0.2) is 0 Å². The Bertz CT molecular complexity index is 1400. The summed E-state index contributed by atoms with van der Waals surface area (Å²) in [6.07, 6.45) is -0.299. The lowest BCUT2D eigenvalue weighted by Crippen LogP contribution is -2.49. The maximum atomic E-state index is 14.0. The molecule has 3 heterocycles. The van der Waals surface area contributed by atoms with Crippen molar-refractivity contribution in [2.75, 3.05) is 11.4 Å². The fourth-order valence-corrected chi connectivity index (χ4v) is 4.90. The molecule has 1 aromatic carbocycles. The number of carbonyl (C=O) groups is 3. The third-order valence-corrected chi connectivity index (χ3v) is 6.10. The molecule has 3 aromatic rings. The number of benzene rings is 1. The summed E-state index contributed by atoms with van der Waals surface area (Å²) >= 11 is 1.07. The van der Waals surface area contributed by atoms with Crippen molar-refractivity contribution in [1.29, 1.82) is 0 Å². The zero-order chi connectivity index (χ0) is 27.5. The number of nitrogens with zero attached hydrogens (tertiary/aromatic N) is 3. The molecule has 1 atom stereocenters. The Morgan fingerprint density at radius 3 is 2.41 bits per heavy atom. The molecule has 0 fully saturated rings. The summed E-state index contributed by atoms with van der Waals surface area (Å²) in [6.45, 7) is 6.60. The predicted octanol–water partition coefficient (Wildman–Crippen LogP) is 5.97. The third-order valence-electron chi connectivity index (χ3n) is 4.96. The first-order chi connectivity index (χ1) is 17.0. The van der Waals surface area contributed by atoms with Crippen molar-refractivity contribution in [1.82, 2.24) is 9.88 Å². The quantitative estimate of drug-likeness (QED) is 0.389. The van der Waals surface area contributed by atoms with Gasteiger partial charge in [-0.15, -0.1) is 11.3 Å². The summed E-state index contributed by atoms with van der Waals surface area (Å²) in [6, 6.07) is 5.45. The van der Waals surface area contributed by atoms with Crippen molar-refractivity contribution < 1.29 is 28.0 Å². The minimum absolute atomic E-state index is 0.0369. The summed E-state index contributed by atoms with van der Waals surface area (Å²) in [5.41, 5.74) is -1.06. The normalized spacial score (nSPS) is 18.7. The SMILES string of the molecule is [2H]C([2H])([2H])C1CN(C(=O)OC(C)(C)C)c2c(sc3ccc4ncccc4c23)C(=O)N1C(=O)OC(C)(C)C. The smallest absolute Gasteiger partial charge is 0.417 e. The number of hydrogen-bond acceptors (Lipinski definition) is 7. The van der Waals surface area contributed by atoms with E-state index < -0.39 is 48.7 Å². The first-order valence-corrected chi connectivity index (χ1v) is 11.7. The van der Waals surface area contributed by atoms with Crippen molar-refractivity contribution in [3.8, 4) is 0 Å². The second-order valence-corrected chi connectivity index (χ2v) is 11.1. The molecular formula is C25H29N3O5S. The van der Waals surface area contributed by atoms with Crippen LogP contribution in [0.1, 0.15) is 62.2 Å². The van der Waals surface area contributed by atoms with Crippen LogP contribution in [0.2, 0.25) is 0 Å². The highest BCUT2D eigenvalue weighted by Crippen LogP contribution is 2.44. The number of aromatic nitrogens is 1. The minimum atomic E-state index is -2.82. The van der Waals surface area contributed by atoms with Gasteiger partial charge in [-0.2, -0.15) is 0 Å². The zero-order valence-electron chi connectivity index (χ0n) is 23.0. The molecule has 8 nitrogen and oxygen atoms in total. The van der Waals surface area contributed by atoms with E-state index in [2.05, 4.69) is 4.98 Å². The molecule has 34 heavy (non-hydrogen) atoms.